The Morgan fingerprint density at radius 3 is 2.48 bits per heavy atom. The van der Waals surface area contributed by atoms with E-state index in [9.17, 15) is 0 Å². The molecule has 0 saturated carbocycles. The first kappa shape index (κ1) is 14.7. The lowest BCUT2D eigenvalue weighted by Gasteiger charge is -2.18. The maximum Gasteiger partial charge on any atom is 0.228 e. The second kappa shape index (κ2) is 6.71. The molecule has 0 N–H and O–H groups in total. The zero-order chi connectivity index (χ0) is 14.7. The number of nitrogens with zero attached hydrogens (tertiary/aromatic N) is 4. The van der Waals surface area contributed by atoms with E-state index in [4.69, 9.17) is 21.6 Å². The van der Waals surface area contributed by atoms with Crippen molar-refractivity contribution in [1.29, 1.82) is 0 Å². The normalized spacial score (nSPS) is 21.6. The third-order valence-electron chi connectivity index (χ3n) is 3.62. The molecule has 0 amide bonds. The van der Waals surface area contributed by atoms with Crippen LogP contribution in [0, 0.1) is 0 Å². The van der Waals surface area contributed by atoms with Crippen LogP contribution in [0.25, 0.3) is 0 Å². The van der Waals surface area contributed by atoms with Crippen LogP contribution in [-0.2, 0) is 0 Å². The van der Waals surface area contributed by atoms with E-state index >= 15 is 0 Å². The van der Waals surface area contributed by atoms with Crippen LogP contribution >= 0.6 is 23.4 Å². The molecule has 2 fully saturated rings. The average molecular weight is 323 g/mol. The third kappa shape index (κ3) is 3.71. The highest BCUT2D eigenvalue weighted by Gasteiger charge is 2.20. The van der Waals surface area contributed by atoms with Crippen LogP contribution in [0.4, 0.5) is 5.69 Å². The molecular weight excluding hydrogens is 304 g/mol. The number of halogens is 1. The minimum atomic E-state index is 0.731. The molecule has 2 saturated heterocycles. The van der Waals surface area contributed by atoms with Crippen molar-refractivity contribution in [3.05, 3.63) is 29.3 Å². The Kier molecular flexibility index (Phi) is 4.70. The minimum Gasteiger partial charge on any atom is -0.353 e. The summed E-state index contributed by atoms with van der Waals surface area (Å²) in [4.78, 5) is 14.0. The third-order valence-corrected chi connectivity index (χ3v) is 4.92. The minimum absolute atomic E-state index is 0.731. The molecule has 1 aromatic carbocycles. The summed E-state index contributed by atoms with van der Waals surface area (Å²) in [5.74, 6) is 1.93. The van der Waals surface area contributed by atoms with Crippen LogP contribution < -0.4 is 0 Å². The fourth-order valence-electron chi connectivity index (χ4n) is 2.40. The van der Waals surface area contributed by atoms with Gasteiger partial charge in [-0.15, -0.1) is 0 Å². The number of likely N-dealkylation sites (tertiary alicyclic amines) is 1. The van der Waals surface area contributed by atoms with Gasteiger partial charge < -0.3 is 9.80 Å². The summed E-state index contributed by atoms with van der Waals surface area (Å²) in [7, 11) is 2.09. The van der Waals surface area contributed by atoms with Crippen molar-refractivity contribution in [3.8, 4) is 0 Å². The van der Waals surface area contributed by atoms with Gasteiger partial charge in [-0.25, -0.2) is 4.99 Å². The van der Waals surface area contributed by atoms with Crippen molar-refractivity contribution >= 4 is 40.2 Å². The Balaban J connectivity index is 1.89. The summed E-state index contributed by atoms with van der Waals surface area (Å²) >= 11 is 7.73. The molecular formula is C15H19ClN4S. The number of hydrogen-bond donors (Lipinski definition) is 0. The Morgan fingerprint density at radius 1 is 1.14 bits per heavy atom. The first-order valence-electron chi connectivity index (χ1n) is 7.24. The number of guanidine groups is 1. The lowest BCUT2D eigenvalue weighted by molar-refractivity contribution is 0.510. The predicted octanol–water partition coefficient (Wildman–Crippen LogP) is 3.46. The average Bonchev–Trinajstić information content (AvgIpc) is 3.13. The molecule has 2 aliphatic rings. The van der Waals surface area contributed by atoms with Gasteiger partial charge in [-0.3, -0.25) is 0 Å². The van der Waals surface area contributed by atoms with Gasteiger partial charge in [-0.1, -0.05) is 23.4 Å². The van der Waals surface area contributed by atoms with Crippen molar-refractivity contribution in [2.75, 3.05) is 32.4 Å². The molecule has 2 aliphatic heterocycles. The molecule has 0 atom stereocenters. The topological polar surface area (TPSA) is 31.2 Å². The Hall–Kier alpha value is -1.20. The molecule has 6 heteroatoms. The van der Waals surface area contributed by atoms with Crippen LogP contribution in [0.2, 0.25) is 5.02 Å². The molecule has 0 unspecified atom stereocenters. The molecule has 2 heterocycles. The van der Waals surface area contributed by atoms with Crippen molar-refractivity contribution in [2.24, 2.45) is 9.98 Å². The molecule has 4 nitrogen and oxygen atoms in total. The highest BCUT2D eigenvalue weighted by atomic mass is 35.5. The van der Waals surface area contributed by atoms with Crippen molar-refractivity contribution < 1.29 is 0 Å². The SMILES string of the molecule is CN1CCSC1=NC(=Nc1ccc(Cl)cc1)N1CCCC1. The molecule has 0 radical (unpaired) electrons. The number of benzene rings is 1. The fraction of sp³-hybridized carbons (Fsp3) is 0.467. The van der Waals surface area contributed by atoms with Gasteiger partial charge in [-0.2, -0.15) is 4.99 Å². The second-order valence-corrected chi connectivity index (χ2v) is 6.75. The molecule has 21 heavy (non-hydrogen) atoms. The quantitative estimate of drug-likeness (QED) is 0.586. The van der Waals surface area contributed by atoms with Gasteiger partial charge in [0.2, 0.25) is 5.96 Å². The van der Waals surface area contributed by atoms with E-state index in [0.717, 1.165) is 47.2 Å². The molecule has 3 rings (SSSR count). The van der Waals surface area contributed by atoms with E-state index in [1.54, 1.807) is 11.8 Å². The summed E-state index contributed by atoms with van der Waals surface area (Å²) in [6.07, 6.45) is 2.43. The van der Waals surface area contributed by atoms with Gasteiger partial charge in [-0.05, 0) is 37.1 Å². The predicted molar refractivity (Wildman–Crippen MR) is 91.9 cm³/mol. The van der Waals surface area contributed by atoms with Crippen molar-refractivity contribution in [3.63, 3.8) is 0 Å². The zero-order valence-electron chi connectivity index (χ0n) is 12.1. The number of amidine groups is 1. The number of hydrogen-bond acceptors (Lipinski definition) is 2. The van der Waals surface area contributed by atoms with E-state index in [1.807, 2.05) is 24.3 Å². The van der Waals surface area contributed by atoms with Crippen molar-refractivity contribution in [2.45, 2.75) is 12.8 Å². The van der Waals surface area contributed by atoms with Gasteiger partial charge in [0.25, 0.3) is 0 Å². The van der Waals surface area contributed by atoms with Gasteiger partial charge >= 0.3 is 0 Å². The smallest absolute Gasteiger partial charge is 0.228 e. The van der Waals surface area contributed by atoms with E-state index in [2.05, 4.69) is 16.8 Å². The lowest BCUT2D eigenvalue weighted by atomic mass is 10.3. The van der Waals surface area contributed by atoms with Crippen LogP contribution in [0.15, 0.2) is 34.3 Å². The number of thioether (sulfide) groups is 1. The maximum absolute atomic E-state index is 5.94. The molecule has 1 aromatic rings. The van der Waals surface area contributed by atoms with E-state index in [0.29, 0.717) is 0 Å². The standard InChI is InChI=1S/C15H19ClN4S/c1-19-10-11-21-15(19)18-14(20-8-2-3-9-20)17-13-6-4-12(16)5-7-13/h4-7H,2-3,8-11H2,1H3. The molecule has 0 spiro atoms. The molecule has 0 aromatic heterocycles. The fourth-order valence-corrected chi connectivity index (χ4v) is 3.53. The Labute approximate surface area is 134 Å². The number of aliphatic imine (C=N–C) groups is 2. The molecule has 0 bridgehead atoms. The summed E-state index contributed by atoms with van der Waals surface area (Å²) in [5, 5.41) is 1.80. The molecule has 0 aliphatic carbocycles. The van der Waals surface area contributed by atoms with Gasteiger partial charge in [0.1, 0.15) is 0 Å². The first-order valence-corrected chi connectivity index (χ1v) is 8.60. The number of rotatable bonds is 1. The van der Waals surface area contributed by atoms with Crippen LogP contribution in [-0.4, -0.2) is 53.4 Å². The molecule has 112 valence electrons. The van der Waals surface area contributed by atoms with E-state index in [1.165, 1.54) is 12.8 Å². The first-order chi connectivity index (χ1) is 10.2. The van der Waals surface area contributed by atoms with Gasteiger partial charge in [0, 0.05) is 37.5 Å². The monoisotopic (exact) mass is 322 g/mol. The van der Waals surface area contributed by atoms with E-state index < -0.39 is 0 Å². The lowest BCUT2D eigenvalue weighted by Crippen LogP contribution is -2.29. The van der Waals surface area contributed by atoms with Crippen LogP contribution in [0.5, 0.6) is 0 Å². The van der Waals surface area contributed by atoms with Crippen molar-refractivity contribution in [1.82, 2.24) is 9.80 Å². The van der Waals surface area contributed by atoms with Crippen LogP contribution in [0.1, 0.15) is 12.8 Å². The Morgan fingerprint density at radius 2 is 1.86 bits per heavy atom. The summed E-state index contributed by atoms with van der Waals surface area (Å²) in [6, 6.07) is 7.60. The highest BCUT2D eigenvalue weighted by molar-refractivity contribution is 8.14. The van der Waals surface area contributed by atoms with Crippen LogP contribution in [0.3, 0.4) is 0 Å². The summed E-state index contributed by atoms with van der Waals surface area (Å²) < 4.78 is 0. The Bertz CT molecular complexity index is 549. The van der Waals surface area contributed by atoms with E-state index in [-0.39, 0.29) is 0 Å². The largest absolute Gasteiger partial charge is 0.353 e. The van der Waals surface area contributed by atoms with Gasteiger partial charge in [0.05, 0.1) is 5.69 Å². The zero-order valence-corrected chi connectivity index (χ0v) is 13.7. The summed E-state index contributed by atoms with van der Waals surface area (Å²) in [6.45, 7) is 3.13. The second-order valence-electron chi connectivity index (χ2n) is 5.25. The highest BCUT2D eigenvalue weighted by Crippen LogP contribution is 2.21. The van der Waals surface area contributed by atoms with Gasteiger partial charge in [0.15, 0.2) is 5.17 Å². The summed E-state index contributed by atoms with van der Waals surface area (Å²) in [5.41, 5.74) is 0.899. The maximum atomic E-state index is 5.94.